The first-order valence-electron chi connectivity index (χ1n) is 9.09. The lowest BCUT2D eigenvalue weighted by molar-refractivity contribution is 0.214. The van der Waals surface area contributed by atoms with E-state index in [-0.39, 0.29) is 18.6 Å². The first-order valence-corrected chi connectivity index (χ1v) is 9.46. The molecule has 0 radical (unpaired) electrons. The van der Waals surface area contributed by atoms with Gasteiger partial charge in [-0.25, -0.2) is 9.78 Å². The molecular weight excluding hydrogens is 376 g/mol. The van der Waals surface area contributed by atoms with Crippen molar-refractivity contribution in [1.82, 2.24) is 20.2 Å². The van der Waals surface area contributed by atoms with Gasteiger partial charge in [0.15, 0.2) is 0 Å². The quantitative estimate of drug-likeness (QED) is 0.545. The topological polar surface area (TPSA) is 79.2 Å². The Balaban J connectivity index is 1.47. The number of halogens is 1. The summed E-state index contributed by atoms with van der Waals surface area (Å²) in [5.74, 6) is -0.102. The van der Waals surface area contributed by atoms with Crippen molar-refractivity contribution in [2.45, 2.75) is 13.0 Å². The Morgan fingerprint density at radius 3 is 2.79 bits per heavy atom. The number of hydrogen-bond donors (Lipinski definition) is 3. The van der Waals surface area contributed by atoms with E-state index in [1.807, 2.05) is 59.3 Å². The van der Waals surface area contributed by atoms with E-state index >= 15 is 0 Å². The molecule has 1 heterocycles. The van der Waals surface area contributed by atoms with Gasteiger partial charge in [-0.1, -0.05) is 41.9 Å². The molecule has 146 valence electrons. The Labute approximate surface area is 169 Å². The summed E-state index contributed by atoms with van der Waals surface area (Å²) in [6, 6.07) is 15.1. The minimum Gasteiger partial charge on any atom is -0.396 e. The van der Waals surface area contributed by atoms with E-state index in [0.717, 1.165) is 16.8 Å². The van der Waals surface area contributed by atoms with E-state index < -0.39 is 0 Å². The molecule has 2 amide bonds. The highest BCUT2D eigenvalue weighted by Gasteiger charge is 2.12. The van der Waals surface area contributed by atoms with Crippen LogP contribution in [0.5, 0.6) is 0 Å². The molecule has 6 nitrogen and oxygen atoms in total. The number of carbonyl (C=O) groups is 1. The highest BCUT2D eigenvalue weighted by atomic mass is 35.5. The lowest BCUT2D eigenvalue weighted by Gasteiger charge is -2.16. The number of amides is 2. The predicted octanol–water partition coefficient (Wildman–Crippen LogP) is 3.18. The van der Waals surface area contributed by atoms with E-state index in [1.54, 1.807) is 12.5 Å². The second kappa shape index (κ2) is 9.92. The third kappa shape index (κ3) is 5.58. The molecule has 0 aliphatic heterocycles. The van der Waals surface area contributed by atoms with Crippen molar-refractivity contribution >= 4 is 17.6 Å². The second-order valence-corrected chi connectivity index (χ2v) is 6.95. The second-order valence-electron chi connectivity index (χ2n) is 6.55. The van der Waals surface area contributed by atoms with Gasteiger partial charge in [0.25, 0.3) is 0 Å². The van der Waals surface area contributed by atoms with E-state index in [2.05, 4.69) is 15.6 Å². The molecule has 0 saturated heterocycles. The number of nitrogens with one attached hydrogen (secondary N) is 2. The predicted molar refractivity (Wildman–Crippen MR) is 110 cm³/mol. The zero-order valence-corrected chi connectivity index (χ0v) is 16.1. The molecular formula is C21H23ClN4O2. The summed E-state index contributed by atoms with van der Waals surface area (Å²) in [5, 5.41) is 15.9. The summed E-state index contributed by atoms with van der Waals surface area (Å²) < 4.78 is 1.91. The molecule has 0 bridgehead atoms. The van der Waals surface area contributed by atoms with Crippen LogP contribution in [-0.4, -0.2) is 33.8 Å². The molecule has 0 fully saturated rings. The molecule has 0 aliphatic carbocycles. The van der Waals surface area contributed by atoms with Crippen LogP contribution in [0.1, 0.15) is 11.1 Å². The number of aliphatic hydroxyl groups excluding tert-OH is 1. The minimum absolute atomic E-state index is 0.0293. The highest BCUT2D eigenvalue weighted by Crippen LogP contribution is 2.18. The fourth-order valence-electron chi connectivity index (χ4n) is 2.90. The van der Waals surface area contributed by atoms with Gasteiger partial charge in [0.05, 0.1) is 6.33 Å². The summed E-state index contributed by atoms with van der Waals surface area (Å²) >= 11 is 6.17. The van der Waals surface area contributed by atoms with Crippen LogP contribution in [0, 0.1) is 5.92 Å². The number of rotatable bonds is 8. The highest BCUT2D eigenvalue weighted by molar-refractivity contribution is 6.31. The van der Waals surface area contributed by atoms with Crippen LogP contribution in [-0.2, 0) is 13.0 Å². The van der Waals surface area contributed by atoms with Crippen molar-refractivity contribution in [3.8, 4) is 5.69 Å². The Kier molecular flexibility index (Phi) is 7.06. The maximum absolute atomic E-state index is 12.1. The van der Waals surface area contributed by atoms with Gasteiger partial charge in [-0.05, 0) is 35.7 Å². The van der Waals surface area contributed by atoms with Crippen molar-refractivity contribution < 1.29 is 9.90 Å². The molecule has 0 aliphatic rings. The number of aromatic nitrogens is 2. The van der Waals surface area contributed by atoms with Crippen molar-refractivity contribution in [1.29, 1.82) is 0 Å². The fraction of sp³-hybridized carbons (Fsp3) is 0.238. The molecule has 3 N–H and O–H groups in total. The first-order chi connectivity index (χ1) is 13.7. The summed E-state index contributed by atoms with van der Waals surface area (Å²) in [6.07, 6.45) is 5.92. The van der Waals surface area contributed by atoms with Gasteiger partial charge in [-0.2, -0.15) is 0 Å². The molecule has 1 aromatic heterocycles. The standard InChI is InChI=1S/C21H23ClN4O2/c22-20-7-2-1-5-18(20)10-17(14-27)13-25-21(28)24-12-16-4-3-6-19(11-16)26-9-8-23-15-26/h1-9,11,15,17,27H,10,12-14H2,(H2,24,25,28). The van der Waals surface area contributed by atoms with Gasteiger partial charge >= 0.3 is 6.03 Å². The number of imidazole rings is 1. The molecule has 28 heavy (non-hydrogen) atoms. The number of urea groups is 1. The summed E-state index contributed by atoms with van der Waals surface area (Å²) in [4.78, 5) is 16.2. The van der Waals surface area contributed by atoms with Crippen LogP contribution in [0.25, 0.3) is 5.69 Å². The van der Waals surface area contributed by atoms with Crippen LogP contribution in [0.4, 0.5) is 4.79 Å². The van der Waals surface area contributed by atoms with Crippen LogP contribution < -0.4 is 10.6 Å². The Morgan fingerprint density at radius 1 is 1.18 bits per heavy atom. The van der Waals surface area contributed by atoms with Gasteiger partial charge < -0.3 is 20.3 Å². The average Bonchev–Trinajstić information content (AvgIpc) is 3.26. The molecule has 1 unspecified atom stereocenters. The molecule has 0 spiro atoms. The largest absolute Gasteiger partial charge is 0.396 e. The smallest absolute Gasteiger partial charge is 0.315 e. The van der Waals surface area contributed by atoms with Crippen molar-refractivity contribution in [3.63, 3.8) is 0 Å². The SMILES string of the molecule is O=C(NCc1cccc(-n2ccnc2)c1)NCC(CO)Cc1ccccc1Cl. The van der Waals surface area contributed by atoms with Gasteiger partial charge in [-0.3, -0.25) is 0 Å². The van der Waals surface area contributed by atoms with E-state index in [9.17, 15) is 9.90 Å². The average molecular weight is 399 g/mol. The first kappa shape index (κ1) is 19.9. The zero-order chi connectivity index (χ0) is 19.8. The van der Waals surface area contributed by atoms with Gasteiger partial charge in [0, 0.05) is 48.7 Å². The molecule has 3 aromatic rings. The molecule has 1 atom stereocenters. The van der Waals surface area contributed by atoms with Crippen molar-refractivity contribution in [2.75, 3.05) is 13.2 Å². The van der Waals surface area contributed by atoms with Crippen LogP contribution in [0.3, 0.4) is 0 Å². The van der Waals surface area contributed by atoms with E-state index in [4.69, 9.17) is 11.6 Å². The van der Waals surface area contributed by atoms with Crippen LogP contribution in [0.2, 0.25) is 5.02 Å². The van der Waals surface area contributed by atoms with Crippen molar-refractivity contribution in [2.24, 2.45) is 5.92 Å². The number of benzene rings is 2. The third-order valence-corrected chi connectivity index (χ3v) is 4.81. The van der Waals surface area contributed by atoms with Gasteiger partial charge in [-0.15, -0.1) is 0 Å². The Hall–Kier alpha value is -2.83. The summed E-state index contributed by atoms with van der Waals surface area (Å²) in [7, 11) is 0. The molecule has 0 saturated carbocycles. The monoisotopic (exact) mass is 398 g/mol. The third-order valence-electron chi connectivity index (χ3n) is 4.44. The number of nitrogens with zero attached hydrogens (tertiary/aromatic N) is 2. The zero-order valence-electron chi connectivity index (χ0n) is 15.4. The van der Waals surface area contributed by atoms with E-state index in [0.29, 0.717) is 24.5 Å². The van der Waals surface area contributed by atoms with Crippen LogP contribution >= 0.6 is 11.6 Å². The summed E-state index contributed by atoms with van der Waals surface area (Å²) in [5.41, 5.74) is 2.93. The van der Waals surface area contributed by atoms with E-state index in [1.165, 1.54) is 0 Å². The Bertz CT molecular complexity index is 899. The summed E-state index contributed by atoms with van der Waals surface area (Å²) in [6.45, 7) is 0.740. The molecule has 2 aromatic carbocycles. The Morgan fingerprint density at radius 2 is 2.04 bits per heavy atom. The number of aliphatic hydroxyl groups is 1. The maximum atomic E-state index is 12.1. The molecule has 7 heteroatoms. The fourth-order valence-corrected chi connectivity index (χ4v) is 3.11. The van der Waals surface area contributed by atoms with Crippen LogP contribution in [0.15, 0.2) is 67.3 Å². The lowest BCUT2D eigenvalue weighted by Crippen LogP contribution is -2.39. The normalized spacial score (nSPS) is 11.8. The maximum Gasteiger partial charge on any atom is 0.315 e. The lowest BCUT2D eigenvalue weighted by atomic mass is 10.00. The number of hydrogen-bond acceptors (Lipinski definition) is 3. The number of carbonyl (C=O) groups excluding carboxylic acids is 1. The minimum atomic E-state index is -0.273. The van der Waals surface area contributed by atoms with Gasteiger partial charge in [0.2, 0.25) is 0 Å². The molecule has 3 rings (SSSR count). The van der Waals surface area contributed by atoms with Gasteiger partial charge in [0.1, 0.15) is 0 Å². The van der Waals surface area contributed by atoms with Crippen molar-refractivity contribution in [3.05, 3.63) is 83.4 Å².